The van der Waals surface area contributed by atoms with E-state index in [1.54, 1.807) is 0 Å². The standard InChI is InChI=1S/C12H23N3O2.ClH/c1-10(9-13-2)12(17)14-6-4-8-15-7-3-5-11(15)16;/h10,13H,3-9H2,1-2H3,(H,14,17);1H. The molecule has 1 fully saturated rings. The predicted molar refractivity (Wildman–Crippen MR) is 73.8 cm³/mol. The maximum Gasteiger partial charge on any atom is 0.224 e. The number of amides is 2. The molecule has 0 saturated carbocycles. The van der Waals surface area contributed by atoms with Gasteiger partial charge in [-0.05, 0) is 19.9 Å². The third kappa shape index (κ3) is 5.69. The lowest BCUT2D eigenvalue weighted by Crippen LogP contribution is -2.36. The Hall–Kier alpha value is -0.810. The Morgan fingerprint density at radius 2 is 2.22 bits per heavy atom. The first-order valence-electron chi connectivity index (χ1n) is 6.35. The van der Waals surface area contributed by atoms with Gasteiger partial charge in [0.2, 0.25) is 11.8 Å². The number of hydrogen-bond donors (Lipinski definition) is 2. The van der Waals surface area contributed by atoms with Crippen molar-refractivity contribution >= 4 is 24.2 Å². The fourth-order valence-electron chi connectivity index (χ4n) is 2.00. The van der Waals surface area contributed by atoms with Gasteiger partial charge in [-0.1, -0.05) is 6.92 Å². The normalized spacial score (nSPS) is 16.3. The van der Waals surface area contributed by atoms with Crippen molar-refractivity contribution in [2.24, 2.45) is 5.92 Å². The van der Waals surface area contributed by atoms with E-state index >= 15 is 0 Å². The highest BCUT2D eigenvalue weighted by Gasteiger charge is 2.19. The number of carbonyl (C=O) groups is 2. The van der Waals surface area contributed by atoms with E-state index in [0.717, 1.165) is 25.9 Å². The lowest BCUT2D eigenvalue weighted by atomic mass is 10.1. The van der Waals surface area contributed by atoms with E-state index < -0.39 is 0 Å². The van der Waals surface area contributed by atoms with Gasteiger partial charge in [-0.2, -0.15) is 0 Å². The van der Waals surface area contributed by atoms with Gasteiger partial charge in [-0.25, -0.2) is 0 Å². The number of hydrogen-bond acceptors (Lipinski definition) is 3. The number of halogens is 1. The predicted octanol–water partition coefficient (Wildman–Crippen LogP) is 0.392. The summed E-state index contributed by atoms with van der Waals surface area (Å²) in [5.41, 5.74) is 0. The summed E-state index contributed by atoms with van der Waals surface area (Å²) in [7, 11) is 1.84. The SMILES string of the molecule is CNCC(C)C(=O)NCCCN1CCCC1=O.Cl. The fraction of sp³-hybridized carbons (Fsp3) is 0.833. The van der Waals surface area contributed by atoms with Crippen molar-refractivity contribution in [3.05, 3.63) is 0 Å². The summed E-state index contributed by atoms with van der Waals surface area (Å²) in [5.74, 6) is 0.320. The van der Waals surface area contributed by atoms with Crippen molar-refractivity contribution in [2.75, 3.05) is 33.2 Å². The number of carbonyl (C=O) groups excluding carboxylic acids is 2. The summed E-state index contributed by atoms with van der Waals surface area (Å²) in [6, 6.07) is 0. The second-order valence-electron chi connectivity index (χ2n) is 4.59. The molecule has 1 rings (SSSR count). The van der Waals surface area contributed by atoms with E-state index in [2.05, 4.69) is 10.6 Å². The number of nitrogens with zero attached hydrogens (tertiary/aromatic N) is 1. The third-order valence-electron chi connectivity index (χ3n) is 3.03. The number of rotatable bonds is 7. The minimum absolute atomic E-state index is 0. The Kier molecular flexibility index (Phi) is 8.75. The molecule has 2 N–H and O–H groups in total. The molecular formula is C12H24ClN3O2. The average Bonchev–Trinajstić information content (AvgIpc) is 2.70. The molecule has 1 heterocycles. The van der Waals surface area contributed by atoms with Gasteiger partial charge in [0.15, 0.2) is 0 Å². The molecule has 1 atom stereocenters. The minimum atomic E-state index is -0.00609. The topological polar surface area (TPSA) is 61.4 Å². The lowest BCUT2D eigenvalue weighted by Gasteiger charge is -2.16. The summed E-state index contributed by atoms with van der Waals surface area (Å²) in [4.78, 5) is 24.8. The third-order valence-corrected chi connectivity index (χ3v) is 3.03. The molecule has 0 aromatic rings. The molecule has 1 aliphatic rings. The zero-order chi connectivity index (χ0) is 12.7. The van der Waals surface area contributed by atoms with Crippen LogP contribution in [0.3, 0.4) is 0 Å². The highest BCUT2D eigenvalue weighted by Crippen LogP contribution is 2.09. The van der Waals surface area contributed by atoms with Crippen LogP contribution in [0.1, 0.15) is 26.2 Å². The molecule has 1 aliphatic heterocycles. The Morgan fingerprint density at radius 1 is 1.50 bits per heavy atom. The molecule has 0 spiro atoms. The maximum atomic E-state index is 11.6. The van der Waals surface area contributed by atoms with Crippen LogP contribution >= 0.6 is 12.4 Å². The van der Waals surface area contributed by atoms with E-state index in [1.165, 1.54) is 0 Å². The van der Waals surface area contributed by atoms with Gasteiger partial charge in [0.05, 0.1) is 0 Å². The van der Waals surface area contributed by atoms with Crippen LogP contribution in [0.5, 0.6) is 0 Å². The molecular weight excluding hydrogens is 254 g/mol. The van der Waals surface area contributed by atoms with Crippen LogP contribution in [0.4, 0.5) is 0 Å². The van der Waals surface area contributed by atoms with Crippen molar-refractivity contribution in [1.29, 1.82) is 0 Å². The highest BCUT2D eigenvalue weighted by molar-refractivity contribution is 5.85. The molecule has 2 amide bonds. The van der Waals surface area contributed by atoms with Crippen LogP contribution in [0.25, 0.3) is 0 Å². The molecule has 0 aliphatic carbocycles. The molecule has 106 valence electrons. The Bertz CT molecular complexity index is 274. The smallest absolute Gasteiger partial charge is 0.224 e. The molecule has 0 aromatic heterocycles. The summed E-state index contributed by atoms with van der Waals surface area (Å²) >= 11 is 0. The molecule has 1 saturated heterocycles. The van der Waals surface area contributed by atoms with E-state index in [9.17, 15) is 9.59 Å². The van der Waals surface area contributed by atoms with Crippen LogP contribution in [0.15, 0.2) is 0 Å². The fourth-order valence-corrected chi connectivity index (χ4v) is 2.00. The molecule has 0 aromatic carbocycles. The van der Waals surface area contributed by atoms with Crippen molar-refractivity contribution < 1.29 is 9.59 Å². The maximum absolute atomic E-state index is 11.6. The summed E-state index contributed by atoms with van der Waals surface area (Å²) in [6.07, 6.45) is 2.50. The van der Waals surface area contributed by atoms with Crippen LogP contribution in [-0.4, -0.2) is 49.9 Å². The summed E-state index contributed by atoms with van der Waals surface area (Å²) < 4.78 is 0. The molecule has 6 heteroatoms. The molecule has 0 radical (unpaired) electrons. The lowest BCUT2D eigenvalue weighted by molar-refractivity contribution is -0.127. The van der Waals surface area contributed by atoms with Crippen molar-refractivity contribution in [3.63, 3.8) is 0 Å². The number of nitrogens with one attached hydrogen (secondary N) is 2. The molecule has 0 bridgehead atoms. The quantitative estimate of drug-likeness (QED) is 0.662. The van der Waals surface area contributed by atoms with Crippen LogP contribution in [0.2, 0.25) is 0 Å². The number of likely N-dealkylation sites (tertiary alicyclic amines) is 1. The largest absolute Gasteiger partial charge is 0.356 e. The van der Waals surface area contributed by atoms with Crippen molar-refractivity contribution in [3.8, 4) is 0 Å². The van der Waals surface area contributed by atoms with E-state index in [4.69, 9.17) is 0 Å². The van der Waals surface area contributed by atoms with Crippen molar-refractivity contribution in [2.45, 2.75) is 26.2 Å². The molecule has 5 nitrogen and oxygen atoms in total. The second kappa shape index (κ2) is 9.16. The van der Waals surface area contributed by atoms with Gasteiger partial charge in [-0.3, -0.25) is 9.59 Å². The van der Waals surface area contributed by atoms with E-state index in [0.29, 0.717) is 19.5 Å². The first-order valence-corrected chi connectivity index (χ1v) is 6.35. The van der Waals surface area contributed by atoms with E-state index in [1.807, 2.05) is 18.9 Å². The average molecular weight is 278 g/mol. The van der Waals surface area contributed by atoms with Crippen molar-refractivity contribution in [1.82, 2.24) is 15.5 Å². The van der Waals surface area contributed by atoms with Gasteiger partial charge < -0.3 is 15.5 Å². The Balaban J connectivity index is 0.00000289. The first kappa shape index (κ1) is 17.2. The monoisotopic (exact) mass is 277 g/mol. The summed E-state index contributed by atoms with van der Waals surface area (Å²) in [6.45, 7) is 4.88. The van der Waals surface area contributed by atoms with Gasteiger partial charge in [0.25, 0.3) is 0 Å². The first-order chi connectivity index (χ1) is 8.15. The van der Waals surface area contributed by atoms with Gasteiger partial charge in [0, 0.05) is 38.5 Å². The van der Waals surface area contributed by atoms with Gasteiger partial charge >= 0.3 is 0 Å². The zero-order valence-electron chi connectivity index (χ0n) is 11.2. The van der Waals surface area contributed by atoms with Gasteiger partial charge in [-0.15, -0.1) is 12.4 Å². The highest BCUT2D eigenvalue weighted by atomic mass is 35.5. The van der Waals surface area contributed by atoms with Crippen LogP contribution in [0, 0.1) is 5.92 Å². The summed E-state index contributed by atoms with van der Waals surface area (Å²) in [5, 5.41) is 5.86. The molecule has 18 heavy (non-hydrogen) atoms. The van der Waals surface area contributed by atoms with Crippen LogP contribution in [-0.2, 0) is 9.59 Å². The van der Waals surface area contributed by atoms with Crippen LogP contribution < -0.4 is 10.6 Å². The minimum Gasteiger partial charge on any atom is -0.356 e. The second-order valence-corrected chi connectivity index (χ2v) is 4.59. The van der Waals surface area contributed by atoms with E-state index in [-0.39, 0.29) is 30.1 Å². The Labute approximate surface area is 115 Å². The Morgan fingerprint density at radius 3 is 2.78 bits per heavy atom. The molecule has 1 unspecified atom stereocenters. The zero-order valence-corrected chi connectivity index (χ0v) is 12.0. The van der Waals surface area contributed by atoms with Gasteiger partial charge in [0.1, 0.15) is 0 Å².